The van der Waals surface area contributed by atoms with Gasteiger partial charge in [-0.25, -0.2) is 0 Å². The van der Waals surface area contributed by atoms with Crippen molar-refractivity contribution in [2.45, 2.75) is 12.0 Å². The Labute approximate surface area is 138 Å². The summed E-state index contributed by atoms with van der Waals surface area (Å²) in [7, 11) is 0. The van der Waals surface area contributed by atoms with Crippen molar-refractivity contribution in [2.75, 3.05) is 13.1 Å². The molecular formula is C22H21N. The fourth-order valence-corrected chi connectivity index (χ4v) is 3.54. The summed E-state index contributed by atoms with van der Waals surface area (Å²) in [6, 6.07) is 33.0. The molecule has 0 spiro atoms. The van der Waals surface area contributed by atoms with Crippen LogP contribution in [0.15, 0.2) is 91.0 Å². The van der Waals surface area contributed by atoms with Crippen molar-refractivity contribution < 1.29 is 0 Å². The molecule has 0 atom stereocenters. The predicted octanol–water partition coefficient (Wildman–Crippen LogP) is 4.88. The Morgan fingerprint density at radius 3 is 1.52 bits per heavy atom. The molecule has 0 amide bonds. The zero-order valence-corrected chi connectivity index (χ0v) is 13.2. The number of likely N-dealkylation sites (tertiary alicyclic amines) is 1. The van der Waals surface area contributed by atoms with Crippen LogP contribution in [0.25, 0.3) is 0 Å². The van der Waals surface area contributed by atoms with Crippen LogP contribution in [0.3, 0.4) is 0 Å². The van der Waals surface area contributed by atoms with E-state index in [2.05, 4.69) is 95.9 Å². The van der Waals surface area contributed by atoms with Crippen molar-refractivity contribution in [3.8, 4) is 0 Å². The Morgan fingerprint density at radius 1 is 0.609 bits per heavy atom. The van der Waals surface area contributed by atoms with E-state index in [0.29, 0.717) is 12.0 Å². The van der Waals surface area contributed by atoms with Gasteiger partial charge in [0.15, 0.2) is 0 Å². The molecule has 114 valence electrons. The molecular weight excluding hydrogens is 278 g/mol. The third kappa shape index (κ3) is 2.93. The minimum atomic E-state index is 0.359. The topological polar surface area (TPSA) is 3.24 Å². The second kappa shape index (κ2) is 6.39. The van der Waals surface area contributed by atoms with Gasteiger partial charge in [0, 0.05) is 19.0 Å². The normalized spacial score (nSPS) is 15.5. The van der Waals surface area contributed by atoms with Crippen molar-refractivity contribution in [3.05, 3.63) is 108 Å². The summed E-state index contributed by atoms with van der Waals surface area (Å²) in [5.74, 6) is 0.658. The lowest BCUT2D eigenvalue weighted by Gasteiger charge is -2.45. The number of hydrogen-bond acceptors (Lipinski definition) is 1. The maximum atomic E-state index is 2.59. The maximum Gasteiger partial charge on any atom is 0.0602 e. The van der Waals surface area contributed by atoms with Gasteiger partial charge >= 0.3 is 0 Å². The molecule has 0 saturated carbocycles. The van der Waals surface area contributed by atoms with Gasteiger partial charge in [0.05, 0.1) is 6.04 Å². The van der Waals surface area contributed by atoms with Crippen molar-refractivity contribution >= 4 is 0 Å². The molecule has 0 radical (unpaired) electrons. The van der Waals surface area contributed by atoms with Gasteiger partial charge in [0.1, 0.15) is 0 Å². The highest BCUT2D eigenvalue weighted by Gasteiger charge is 2.34. The van der Waals surface area contributed by atoms with Gasteiger partial charge in [-0.2, -0.15) is 0 Å². The first-order chi connectivity index (χ1) is 11.4. The molecule has 23 heavy (non-hydrogen) atoms. The smallest absolute Gasteiger partial charge is 0.0602 e. The third-order valence-corrected chi connectivity index (χ3v) is 4.78. The highest BCUT2D eigenvalue weighted by atomic mass is 15.2. The molecule has 0 aliphatic carbocycles. The van der Waals surface area contributed by atoms with Gasteiger partial charge < -0.3 is 0 Å². The fraction of sp³-hybridized carbons (Fsp3) is 0.182. The summed E-state index contributed by atoms with van der Waals surface area (Å²) in [4.78, 5) is 2.59. The molecule has 1 saturated heterocycles. The molecule has 0 bridgehead atoms. The van der Waals surface area contributed by atoms with E-state index in [4.69, 9.17) is 0 Å². The number of rotatable bonds is 4. The van der Waals surface area contributed by atoms with E-state index in [1.54, 1.807) is 0 Å². The van der Waals surface area contributed by atoms with Crippen molar-refractivity contribution in [3.63, 3.8) is 0 Å². The summed E-state index contributed by atoms with van der Waals surface area (Å²) in [6.07, 6.45) is 0. The Bertz CT molecular complexity index is 691. The molecule has 1 aliphatic rings. The summed E-state index contributed by atoms with van der Waals surface area (Å²) >= 11 is 0. The molecule has 0 unspecified atom stereocenters. The summed E-state index contributed by atoms with van der Waals surface area (Å²) in [5.41, 5.74) is 4.22. The number of benzene rings is 3. The fourth-order valence-electron chi connectivity index (χ4n) is 3.54. The largest absolute Gasteiger partial charge is 0.291 e. The van der Waals surface area contributed by atoms with Crippen LogP contribution in [0.2, 0.25) is 0 Å². The molecule has 1 heteroatoms. The predicted molar refractivity (Wildman–Crippen MR) is 95.5 cm³/mol. The Balaban J connectivity index is 1.58. The van der Waals surface area contributed by atoms with Crippen LogP contribution >= 0.6 is 0 Å². The molecule has 1 aliphatic heterocycles. The van der Waals surface area contributed by atoms with E-state index in [1.165, 1.54) is 16.7 Å². The zero-order valence-electron chi connectivity index (χ0n) is 13.2. The Morgan fingerprint density at radius 2 is 1.04 bits per heavy atom. The van der Waals surface area contributed by atoms with E-state index in [9.17, 15) is 0 Å². The standard InChI is InChI=1S/C22H21N/c1-4-10-18(11-5-1)21-16-23(17-21)22(19-12-6-2-7-13-19)20-14-8-3-9-15-20/h1-15,21-22H,16-17H2. The zero-order chi connectivity index (χ0) is 15.5. The van der Waals surface area contributed by atoms with Crippen LogP contribution in [-0.4, -0.2) is 18.0 Å². The van der Waals surface area contributed by atoms with Crippen LogP contribution in [0.5, 0.6) is 0 Å². The number of hydrogen-bond donors (Lipinski definition) is 0. The SMILES string of the molecule is c1ccc(C2CN(C(c3ccccc3)c3ccccc3)C2)cc1. The molecule has 1 nitrogen and oxygen atoms in total. The molecule has 0 N–H and O–H groups in total. The molecule has 0 aromatic heterocycles. The quantitative estimate of drug-likeness (QED) is 0.664. The van der Waals surface area contributed by atoms with Gasteiger partial charge in [-0.15, -0.1) is 0 Å². The molecule has 3 aromatic carbocycles. The van der Waals surface area contributed by atoms with E-state index in [-0.39, 0.29) is 0 Å². The monoisotopic (exact) mass is 299 g/mol. The van der Waals surface area contributed by atoms with Crippen LogP contribution < -0.4 is 0 Å². The van der Waals surface area contributed by atoms with E-state index in [0.717, 1.165) is 13.1 Å². The first-order valence-electron chi connectivity index (χ1n) is 8.31. The van der Waals surface area contributed by atoms with E-state index in [1.807, 2.05) is 0 Å². The number of nitrogens with zero attached hydrogens (tertiary/aromatic N) is 1. The van der Waals surface area contributed by atoms with Crippen LogP contribution in [0.4, 0.5) is 0 Å². The minimum absolute atomic E-state index is 0.359. The van der Waals surface area contributed by atoms with Crippen molar-refractivity contribution in [2.24, 2.45) is 0 Å². The lowest BCUT2D eigenvalue weighted by Crippen LogP contribution is -2.47. The van der Waals surface area contributed by atoms with Gasteiger partial charge in [-0.1, -0.05) is 91.0 Å². The molecule has 1 heterocycles. The highest BCUT2D eigenvalue weighted by molar-refractivity contribution is 5.34. The first kappa shape index (κ1) is 14.2. The lowest BCUT2D eigenvalue weighted by molar-refractivity contribution is 0.111. The average molecular weight is 299 g/mol. The highest BCUT2D eigenvalue weighted by Crippen LogP contribution is 2.37. The minimum Gasteiger partial charge on any atom is -0.291 e. The molecule has 3 aromatic rings. The van der Waals surface area contributed by atoms with Gasteiger partial charge in [0.25, 0.3) is 0 Å². The first-order valence-corrected chi connectivity index (χ1v) is 8.31. The van der Waals surface area contributed by atoms with Gasteiger partial charge in [-0.3, -0.25) is 4.90 Å². The second-order valence-electron chi connectivity index (χ2n) is 6.29. The van der Waals surface area contributed by atoms with Crippen LogP contribution in [-0.2, 0) is 0 Å². The van der Waals surface area contributed by atoms with E-state index >= 15 is 0 Å². The summed E-state index contributed by atoms with van der Waals surface area (Å²) in [5, 5.41) is 0. The maximum absolute atomic E-state index is 2.59. The molecule has 1 fully saturated rings. The van der Waals surface area contributed by atoms with E-state index < -0.39 is 0 Å². The Hall–Kier alpha value is -2.38. The van der Waals surface area contributed by atoms with Crippen LogP contribution in [0, 0.1) is 0 Å². The van der Waals surface area contributed by atoms with Crippen molar-refractivity contribution in [1.82, 2.24) is 4.90 Å². The third-order valence-electron chi connectivity index (χ3n) is 4.78. The summed E-state index contributed by atoms with van der Waals surface area (Å²) < 4.78 is 0. The van der Waals surface area contributed by atoms with Gasteiger partial charge in [-0.05, 0) is 16.7 Å². The summed E-state index contributed by atoms with van der Waals surface area (Å²) in [6.45, 7) is 2.25. The second-order valence-corrected chi connectivity index (χ2v) is 6.29. The van der Waals surface area contributed by atoms with Gasteiger partial charge in [0.2, 0.25) is 0 Å². The molecule has 4 rings (SSSR count). The average Bonchev–Trinajstić information content (AvgIpc) is 2.60. The lowest BCUT2D eigenvalue weighted by atomic mass is 9.86. The van der Waals surface area contributed by atoms with Crippen LogP contribution in [0.1, 0.15) is 28.7 Å². The van der Waals surface area contributed by atoms with Crippen molar-refractivity contribution in [1.29, 1.82) is 0 Å². The Kier molecular flexibility index (Phi) is 3.95.